The van der Waals surface area contributed by atoms with Gasteiger partial charge in [0.15, 0.2) is 14.8 Å². The summed E-state index contributed by atoms with van der Waals surface area (Å²) in [4.78, 5) is 14.1. The van der Waals surface area contributed by atoms with Crippen LogP contribution in [0.1, 0.15) is 117 Å². The summed E-state index contributed by atoms with van der Waals surface area (Å²) in [5.41, 5.74) is 6.20. The molecule has 0 saturated heterocycles. The number of rotatable bonds is 14. The van der Waals surface area contributed by atoms with E-state index in [-0.39, 0.29) is 34.6 Å². The number of nitrogens with zero attached hydrogens (tertiary/aromatic N) is 5. The van der Waals surface area contributed by atoms with Gasteiger partial charge in [0.2, 0.25) is 10.0 Å². The molecular weight excluding hydrogens is 863 g/mol. The number of aromatic nitrogens is 4. The van der Waals surface area contributed by atoms with Gasteiger partial charge in [0.1, 0.15) is 22.3 Å². The summed E-state index contributed by atoms with van der Waals surface area (Å²) in [6.07, 6.45) is 12.3. The lowest BCUT2D eigenvalue weighted by Gasteiger charge is -2.32. The number of benzene rings is 1. The number of hydrogen-bond acceptors (Lipinski definition) is 12. The van der Waals surface area contributed by atoms with Gasteiger partial charge in [-0.3, -0.25) is 8.80 Å². The van der Waals surface area contributed by atoms with Crippen LogP contribution in [-0.2, 0) is 36.3 Å². The fraction of sp³-hybridized carbons (Fsp3) is 0.489. The van der Waals surface area contributed by atoms with Crippen LogP contribution in [0.2, 0.25) is 0 Å². The Morgan fingerprint density at radius 3 is 2.35 bits per heavy atom. The maximum atomic E-state index is 14.0. The largest absolute Gasteiger partial charge is 0.593 e. The van der Waals surface area contributed by atoms with Crippen molar-refractivity contribution in [3.05, 3.63) is 86.3 Å². The Labute approximate surface area is 375 Å². The van der Waals surface area contributed by atoms with Crippen LogP contribution in [0.3, 0.4) is 0 Å². The molecule has 3 aliphatic carbocycles. The number of imidazole rings is 2. The third-order valence-corrected chi connectivity index (χ3v) is 17.7. The van der Waals surface area contributed by atoms with E-state index < -0.39 is 21.4 Å². The Balaban J connectivity index is 0.908. The van der Waals surface area contributed by atoms with Crippen molar-refractivity contribution in [2.24, 2.45) is 0 Å². The van der Waals surface area contributed by atoms with Crippen LogP contribution in [0.25, 0.3) is 32.3 Å². The molecule has 4 aromatic heterocycles. The number of allylic oxidation sites excluding steroid dienone is 4. The zero-order valence-electron chi connectivity index (χ0n) is 36.1. The van der Waals surface area contributed by atoms with Crippen molar-refractivity contribution in [1.82, 2.24) is 28.2 Å². The number of thiazole rings is 2. The molecule has 1 atom stereocenters. The molecule has 1 aromatic carbocycles. The minimum Gasteiger partial charge on any atom is -0.593 e. The number of ether oxygens (including phenoxy) is 2. The van der Waals surface area contributed by atoms with E-state index in [4.69, 9.17) is 19.4 Å². The fourth-order valence-corrected chi connectivity index (χ4v) is 13.7. The van der Waals surface area contributed by atoms with E-state index in [1.54, 1.807) is 34.8 Å². The topological polar surface area (TPSA) is 178 Å². The van der Waals surface area contributed by atoms with Crippen molar-refractivity contribution in [2.45, 2.75) is 133 Å². The first-order chi connectivity index (χ1) is 29.5. The highest BCUT2D eigenvalue weighted by Gasteiger charge is 2.34. The van der Waals surface area contributed by atoms with Crippen molar-refractivity contribution in [3.63, 3.8) is 0 Å². The summed E-state index contributed by atoms with van der Waals surface area (Å²) in [5, 5.41) is 19.8. The summed E-state index contributed by atoms with van der Waals surface area (Å²) < 4.78 is 64.1. The highest BCUT2D eigenvalue weighted by atomic mass is 32.2. The molecule has 0 radical (unpaired) electrons. The van der Waals surface area contributed by atoms with Crippen LogP contribution in [0.15, 0.2) is 58.8 Å². The Morgan fingerprint density at radius 2 is 1.68 bits per heavy atom. The Kier molecular flexibility index (Phi) is 13.0. The molecule has 13 nitrogen and oxygen atoms in total. The smallest absolute Gasteiger partial charge is 0.244 e. The minimum absolute atomic E-state index is 0.000934. The van der Waals surface area contributed by atoms with Crippen LogP contribution >= 0.6 is 22.7 Å². The van der Waals surface area contributed by atoms with Crippen LogP contribution in [0.4, 0.5) is 0 Å². The second kappa shape index (κ2) is 18.0. The zero-order chi connectivity index (χ0) is 44.1. The van der Waals surface area contributed by atoms with Crippen molar-refractivity contribution in [3.8, 4) is 17.3 Å². The molecule has 8 rings (SSSR count). The Bertz CT molecular complexity index is 2720. The molecule has 0 spiro atoms. The van der Waals surface area contributed by atoms with E-state index in [2.05, 4.69) is 46.5 Å². The standard InChI is InChI=1S/C45H55N7O6S4/c1-26(2)37-23-51-42(28(4)47-43(51)59-37)30-10-19-36(57-7)39(21-30)62(55,56)50-33-13-17-35(18-14-33)58-25-45(5,6)40-24-52-41(27(3)48-44(52)60-40)29-8-9-31(22-46)38(20-29)61(54)49-32-11-15-34(53)16-12-32/h8-9,20-21,23-24,32-35,49-50,53H,1,10-19,25H2,2-7H3/t32-,33?,34+,35?,61?. The summed E-state index contributed by atoms with van der Waals surface area (Å²) in [6.45, 7) is 14.8. The van der Waals surface area contributed by atoms with E-state index in [0.717, 1.165) is 84.8 Å². The Hall–Kier alpha value is -3.83. The zero-order valence-corrected chi connectivity index (χ0v) is 39.4. The molecule has 0 aliphatic heterocycles. The lowest BCUT2D eigenvalue weighted by molar-refractivity contribution is 0.00194. The molecule has 0 bridgehead atoms. The van der Waals surface area contributed by atoms with Gasteiger partial charge in [0.05, 0.1) is 66.1 Å². The normalized spacial score (nSPS) is 22.0. The quantitative estimate of drug-likeness (QED) is 0.0916. The van der Waals surface area contributed by atoms with E-state index in [1.165, 1.54) is 7.11 Å². The summed E-state index contributed by atoms with van der Waals surface area (Å²) >= 11 is 1.58. The van der Waals surface area contributed by atoms with Gasteiger partial charge in [-0.1, -0.05) is 37.8 Å². The first-order valence-electron chi connectivity index (χ1n) is 21.2. The third kappa shape index (κ3) is 9.09. The number of nitrogens with one attached hydrogen (secondary N) is 2. The molecule has 330 valence electrons. The minimum atomic E-state index is -3.88. The second-order valence-electron chi connectivity index (χ2n) is 17.5. The average molecular weight is 918 g/mol. The summed E-state index contributed by atoms with van der Waals surface area (Å²) in [7, 11) is -2.35. The van der Waals surface area contributed by atoms with E-state index in [9.17, 15) is 23.3 Å². The van der Waals surface area contributed by atoms with Crippen LogP contribution in [-0.4, -0.2) is 74.9 Å². The molecule has 2 saturated carbocycles. The van der Waals surface area contributed by atoms with Gasteiger partial charge >= 0.3 is 0 Å². The molecule has 3 N–H and O–H groups in total. The first-order valence-corrected chi connectivity index (χ1v) is 25.5. The lowest BCUT2D eigenvalue weighted by Crippen LogP contribution is -2.40. The average Bonchev–Trinajstić information content (AvgIpc) is 4.00. The van der Waals surface area contributed by atoms with E-state index in [0.29, 0.717) is 61.3 Å². The lowest BCUT2D eigenvalue weighted by atomic mass is 9.91. The molecule has 0 amide bonds. The Morgan fingerprint density at radius 1 is 1.02 bits per heavy atom. The maximum Gasteiger partial charge on any atom is 0.244 e. The summed E-state index contributed by atoms with van der Waals surface area (Å²) in [6, 6.07) is 7.43. The van der Waals surface area contributed by atoms with Crippen molar-refractivity contribution >= 4 is 65.1 Å². The van der Waals surface area contributed by atoms with Crippen LogP contribution < -0.4 is 9.44 Å². The van der Waals surface area contributed by atoms with Gasteiger partial charge in [0, 0.05) is 51.7 Å². The highest BCUT2D eigenvalue weighted by Crippen LogP contribution is 2.39. The SMILES string of the molecule is C=C(C)c1cn2c(C3=CC(S(=O)(=O)NC4CCC(OCC(C)(C)c5cn6c(-c7ccc(C#N)c([S+]([O-])N[C@H]8CC[C@@H](O)CC8)c7)c(C)nc6s5)CC4)=C(OC)CC3)c(C)nc2s1. The second-order valence-corrected chi connectivity index (χ2v) is 22.4. The van der Waals surface area contributed by atoms with Crippen LogP contribution in [0.5, 0.6) is 0 Å². The molecule has 3 aliphatic rings. The number of aliphatic hydroxyl groups excluding tert-OH is 1. The van der Waals surface area contributed by atoms with Gasteiger partial charge < -0.3 is 19.1 Å². The molecule has 4 heterocycles. The third-order valence-electron chi connectivity index (χ3n) is 12.4. The van der Waals surface area contributed by atoms with Gasteiger partial charge in [-0.15, -0.1) is 16.1 Å². The number of hydrogen-bond donors (Lipinski definition) is 3. The van der Waals surface area contributed by atoms with Crippen LogP contribution in [0, 0.1) is 25.2 Å². The van der Waals surface area contributed by atoms with Crippen molar-refractivity contribution < 1.29 is 27.6 Å². The maximum absolute atomic E-state index is 14.0. The fourth-order valence-electron chi connectivity index (χ4n) is 8.80. The molecule has 5 aromatic rings. The molecule has 17 heteroatoms. The number of aliphatic hydroxyl groups is 1. The predicted molar refractivity (Wildman–Crippen MR) is 247 cm³/mol. The monoisotopic (exact) mass is 917 g/mol. The summed E-state index contributed by atoms with van der Waals surface area (Å²) in [5.74, 6) is 0.457. The molecule has 62 heavy (non-hydrogen) atoms. The first kappa shape index (κ1) is 44.8. The number of nitriles is 1. The number of sulfonamides is 1. The van der Waals surface area contributed by atoms with Gasteiger partial charge in [-0.2, -0.15) is 5.26 Å². The van der Waals surface area contributed by atoms with Gasteiger partial charge in [-0.05, 0) is 102 Å². The van der Waals surface area contributed by atoms with E-state index >= 15 is 0 Å². The van der Waals surface area contributed by atoms with Crippen molar-refractivity contribution in [1.29, 1.82) is 5.26 Å². The van der Waals surface area contributed by atoms with Gasteiger partial charge in [-0.25, -0.2) is 23.1 Å². The molecule has 2 fully saturated rings. The van der Waals surface area contributed by atoms with E-state index in [1.807, 2.05) is 43.5 Å². The number of methoxy groups -OCH3 is 1. The number of fused-ring (bicyclic) bond motifs is 2. The number of aryl methyl sites for hydroxylation is 2. The molecular formula is C45H55N7O6S4. The van der Waals surface area contributed by atoms with Crippen molar-refractivity contribution in [2.75, 3.05) is 13.7 Å². The predicted octanol–water partition coefficient (Wildman–Crippen LogP) is 8.47. The molecule has 1 unspecified atom stereocenters. The van der Waals surface area contributed by atoms with Gasteiger partial charge in [0.25, 0.3) is 0 Å². The highest BCUT2D eigenvalue weighted by molar-refractivity contribution is 7.93.